The summed E-state index contributed by atoms with van der Waals surface area (Å²) in [5.74, 6) is 0.891. The summed E-state index contributed by atoms with van der Waals surface area (Å²) in [7, 11) is 0. The Bertz CT molecular complexity index is 252. The molecule has 1 aromatic rings. The van der Waals surface area contributed by atoms with Gasteiger partial charge >= 0.3 is 0 Å². The van der Waals surface area contributed by atoms with Crippen LogP contribution in [0.4, 0.5) is 0 Å². The van der Waals surface area contributed by atoms with E-state index in [1.807, 2.05) is 13.8 Å². The van der Waals surface area contributed by atoms with Crippen LogP contribution in [-0.2, 0) is 6.42 Å². The molecule has 0 bridgehead atoms. The fourth-order valence-electron chi connectivity index (χ4n) is 2.22. The van der Waals surface area contributed by atoms with Crippen LogP contribution < -0.4 is 0 Å². The predicted molar refractivity (Wildman–Crippen MR) is 79.5 cm³/mol. The number of rotatable bonds is 6. The van der Waals surface area contributed by atoms with E-state index in [1.54, 1.807) is 0 Å². The summed E-state index contributed by atoms with van der Waals surface area (Å²) in [5, 5.41) is 0. The first-order chi connectivity index (χ1) is 8.26. The minimum Gasteiger partial charge on any atom is -0.0683 e. The minimum absolute atomic E-state index is 0.891. The lowest BCUT2D eigenvalue weighted by atomic mass is 9.91. The van der Waals surface area contributed by atoms with E-state index in [1.165, 1.54) is 43.2 Å². The van der Waals surface area contributed by atoms with Crippen LogP contribution in [0.15, 0.2) is 24.3 Å². The fraction of sp³-hybridized carbons (Fsp3) is 0.647. The van der Waals surface area contributed by atoms with Gasteiger partial charge in [0, 0.05) is 0 Å². The molecule has 0 radical (unpaired) electrons. The zero-order chi connectivity index (χ0) is 13.1. The molecular formula is C17H30. The highest BCUT2D eigenvalue weighted by Crippen LogP contribution is 2.19. The molecule has 0 aliphatic heterocycles. The van der Waals surface area contributed by atoms with Crippen LogP contribution in [0.3, 0.4) is 0 Å². The number of aryl methyl sites for hydroxylation is 1. The van der Waals surface area contributed by atoms with E-state index in [9.17, 15) is 0 Å². The van der Waals surface area contributed by atoms with E-state index in [2.05, 4.69) is 45.0 Å². The van der Waals surface area contributed by atoms with Crippen molar-refractivity contribution >= 4 is 0 Å². The minimum atomic E-state index is 0.891. The maximum Gasteiger partial charge on any atom is -0.0250 e. The third kappa shape index (κ3) is 7.20. The van der Waals surface area contributed by atoms with E-state index in [-0.39, 0.29) is 0 Å². The summed E-state index contributed by atoms with van der Waals surface area (Å²) >= 11 is 0. The summed E-state index contributed by atoms with van der Waals surface area (Å²) in [4.78, 5) is 0. The Morgan fingerprint density at radius 2 is 1.35 bits per heavy atom. The van der Waals surface area contributed by atoms with Gasteiger partial charge in [0.05, 0.1) is 0 Å². The molecule has 0 aliphatic carbocycles. The van der Waals surface area contributed by atoms with E-state index >= 15 is 0 Å². The lowest BCUT2D eigenvalue weighted by molar-refractivity contribution is 0.438. The zero-order valence-electron chi connectivity index (χ0n) is 12.4. The third-order valence-electron chi connectivity index (χ3n) is 3.04. The van der Waals surface area contributed by atoms with Gasteiger partial charge in [-0.15, -0.1) is 0 Å². The molecule has 0 N–H and O–H groups in total. The van der Waals surface area contributed by atoms with Crippen LogP contribution in [0, 0.1) is 12.8 Å². The second kappa shape index (κ2) is 10.4. The average molecular weight is 234 g/mol. The van der Waals surface area contributed by atoms with Crippen LogP contribution in [0.2, 0.25) is 0 Å². The van der Waals surface area contributed by atoms with E-state index in [4.69, 9.17) is 0 Å². The molecule has 98 valence electrons. The average Bonchev–Trinajstić information content (AvgIpc) is 2.35. The lowest BCUT2D eigenvalue weighted by Gasteiger charge is -2.15. The summed E-state index contributed by atoms with van der Waals surface area (Å²) in [5.41, 5.74) is 2.87. The Kier molecular flexibility index (Phi) is 9.90. The van der Waals surface area contributed by atoms with Crippen LogP contribution >= 0.6 is 0 Å². The molecule has 1 rings (SSSR count). The maximum absolute atomic E-state index is 2.29. The highest BCUT2D eigenvalue weighted by molar-refractivity contribution is 5.21. The molecule has 0 atom stereocenters. The molecule has 1 aromatic carbocycles. The topological polar surface area (TPSA) is 0 Å². The van der Waals surface area contributed by atoms with Crippen molar-refractivity contribution in [3.05, 3.63) is 35.4 Å². The highest BCUT2D eigenvalue weighted by Gasteiger charge is 2.07. The van der Waals surface area contributed by atoms with E-state index in [0.717, 1.165) is 5.92 Å². The van der Waals surface area contributed by atoms with E-state index in [0.29, 0.717) is 0 Å². The van der Waals surface area contributed by atoms with Crippen LogP contribution in [0.25, 0.3) is 0 Å². The van der Waals surface area contributed by atoms with Crippen molar-refractivity contribution in [2.75, 3.05) is 0 Å². The molecule has 0 heterocycles. The van der Waals surface area contributed by atoms with Crippen molar-refractivity contribution in [2.45, 2.75) is 66.7 Å². The van der Waals surface area contributed by atoms with Gasteiger partial charge in [0.15, 0.2) is 0 Å². The summed E-state index contributed by atoms with van der Waals surface area (Å²) < 4.78 is 0. The van der Waals surface area contributed by atoms with Gasteiger partial charge in [0.2, 0.25) is 0 Å². The lowest BCUT2D eigenvalue weighted by Crippen LogP contribution is -2.04. The molecule has 0 spiro atoms. The monoisotopic (exact) mass is 234 g/mol. The molecule has 0 unspecified atom stereocenters. The molecule has 0 heteroatoms. The van der Waals surface area contributed by atoms with Crippen LogP contribution in [-0.4, -0.2) is 0 Å². The second-order valence-corrected chi connectivity index (χ2v) is 4.63. The largest absolute Gasteiger partial charge is 0.0683 e. The van der Waals surface area contributed by atoms with Crippen molar-refractivity contribution in [1.82, 2.24) is 0 Å². The van der Waals surface area contributed by atoms with Gasteiger partial charge in [-0.05, 0) is 24.8 Å². The number of hydrogen-bond donors (Lipinski definition) is 0. The molecule has 0 saturated carbocycles. The van der Waals surface area contributed by atoms with Crippen molar-refractivity contribution in [3.63, 3.8) is 0 Å². The SMILES string of the molecule is CC.CCCC(CCC)Cc1ccc(C)cc1. The van der Waals surface area contributed by atoms with Gasteiger partial charge in [0.1, 0.15) is 0 Å². The van der Waals surface area contributed by atoms with Crippen molar-refractivity contribution in [2.24, 2.45) is 5.92 Å². The van der Waals surface area contributed by atoms with Crippen LogP contribution in [0.1, 0.15) is 64.5 Å². The smallest absolute Gasteiger partial charge is 0.0250 e. The maximum atomic E-state index is 2.29. The Hall–Kier alpha value is -0.780. The first-order valence-corrected chi connectivity index (χ1v) is 7.31. The first kappa shape index (κ1) is 16.2. The Morgan fingerprint density at radius 3 is 1.76 bits per heavy atom. The molecule has 0 nitrogen and oxygen atoms in total. The van der Waals surface area contributed by atoms with Gasteiger partial charge in [-0.3, -0.25) is 0 Å². The Balaban J connectivity index is 0.00000121. The van der Waals surface area contributed by atoms with Crippen molar-refractivity contribution in [3.8, 4) is 0 Å². The summed E-state index contributed by atoms with van der Waals surface area (Å²) in [6.45, 7) is 10.7. The molecule has 0 aromatic heterocycles. The molecular weight excluding hydrogens is 204 g/mol. The Morgan fingerprint density at radius 1 is 0.882 bits per heavy atom. The quantitative estimate of drug-likeness (QED) is 0.585. The first-order valence-electron chi connectivity index (χ1n) is 7.31. The highest BCUT2D eigenvalue weighted by atomic mass is 14.1. The summed E-state index contributed by atoms with van der Waals surface area (Å²) in [6, 6.07) is 9.02. The molecule has 17 heavy (non-hydrogen) atoms. The molecule has 0 saturated heterocycles. The van der Waals surface area contributed by atoms with Gasteiger partial charge in [-0.2, -0.15) is 0 Å². The molecule has 0 aliphatic rings. The molecule has 0 amide bonds. The van der Waals surface area contributed by atoms with Crippen molar-refractivity contribution in [1.29, 1.82) is 0 Å². The van der Waals surface area contributed by atoms with E-state index < -0.39 is 0 Å². The standard InChI is InChI=1S/C15H24.C2H6/c1-4-6-14(7-5-2)12-15-10-8-13(3)9-11-15;1-2/h8-11,14H,4-7,12H2,1-3H3;1-2H3. The fourth-order valence-corrected chi connectivity index (χ4v) is 2.22. The van der Waals surface area contributed by atoms with Crippen molar-refractivity contribution < 1.29 is 0 Å². The third-order valence-corrected chi connectivity index (χ3v) is 3.04. The predicted octanol–water partition coefficient (Wildman–Crippen LogP) is 5.78. The second-order valence-electron chi connectivity index (χ2n) is 4.63. The van der Waals surface area contributed by atoms with Gasteiger partial charge < -0.3 is 0 Å². The van der Waals surface area contributed by atoms with Gasteiger partial charge in [-0.25, -0.2) is 0 Å². The zero-order valence-corrected chi connectivity index (χ0v) is 12.4. The van der Waals surface area contributed by atoms with Gasteiger partial charge in [-0.1, -0.05) is 83.2 Å². The number of hydrogen-bond acceptors (Lipinski definition) is 0. The summed E-state index contributed by atoms with van der Waals surface area (Å²) in [6.07, 6.45) is 6.65. The van der Waals surface area contributed by atoms with Crippen LogP contribution in [0.5, 0.6) is 0 Å². The van der Waals surface area contributed by atoms with Gasteiger partial charge in [0.25, 0.3) is 0 Å². The number of benzene rings is 1. The molecule has 0 fully saturated rings. The Labute approximate surface area is 108 Å². The normalized spacial score (nSPS) is 10.0.